The second kappa shape index (κ2) is 6.02. The van der Waals surface area contributed by atoms with Crippen LogP contribution in [0.3, 0.4) is 0 Å². The first-order chi connectivity index (χ1) is 10.7. The van der Waals surface area contributed by atoms with Crippen LogP contribution in [0.25, 0.3) is 5.65 Å². The molecule has 0 aliphatic heterocycles. The maximum Gasteiger partial charge on any atom is 0.274 e. The summed E-state index contributed by atoms with van der Waals surface area (Å²) in [6.45, 7) is 4.10. The number of amides is 1. The summed E-state index contributed by atoms with van der Waals surface area (Å²) in [6.07, 6.45) is 3.64. The van der Waals surface area contributed by atoms with E-state index in [-0.39, 0.29) is 5.91 Å². The molecule has 1 N–H and O–H groups in total. The average molecular weight is 293 g/mol. The Balaban J connectivity index is 2.06. The largest absolute Gasteiger partial charge is 0.321 e. The molecule has 2 aromatic heterocycles. The van der Waals surface area contributed by atoms with E-state index in [4.69, 9.17) is 0 Å². The Bertz CT molecular complexity index is 806. The van der Waals surface area contributed by atoms with Gasteiger partial charge in [-0.15, -0.1) is 0 Å². The topological polar surface area (TPSA) is 46.4 Å². The summed E-state index contributed by atoms with van der Waals surface area (Å²) in [5, 5.41) is 2.95. The Hall–Kier alpha value is -2.62. The number of para-hydroxylation sites is 1. The van der Waals surface area contributed by atoms with Gasteiger partial charge in [0.15, 0.2) is 0 Å². The lowest BCUT2D eigenvalue weighted by atomic mass is 10.2. The van der Waals surface area contributed by atoms with Crippen molar-refractivity contribution in [3.63, 3.8) is 0 Å². The summed E-state index contributed by atoms with van der Waals surface area (Å²) in [5.41, 5.74) is 4.19. The molecule has 22 heavy (non-hydrogen) atoms. The molecule has 0 aliphatic rings. The maximum absolute atomic E-state index is 12.7. The molecule has 3 aromatic rings. The number of aryl methyl sites for hydroxylation is 2. The highest BCUT2D eigenvalue weighted by molar-refractivity contribution is 6.04. The molecule has 0 aliphatic carbocycles. The van der Waals surface area contributed by atoms with Crippen molar-refractivity contribution in [3.8, 4) is 0 Å². The van der Waals surface area contributed by atoms with E-state index >= 15 is 0 Å². The van der Waals surface area contributed by atoms with Gasteiger partial charge in [-0.05, 0) is 37.1 Å². The minimum absolute atomic E-state index is 0.118. The van der Waals surface area contributed by atoms with Gasteiger partial charge in [0.1, 0.15) is 11.3 Å². The van der Waals surface area contributed by atoms with Crippen LogP contribution in [-0.2, 0) is 6.42 Å². The fourth-order valence-electron chi connectivity index (χ4n) is 2.61. The average Bonchev–Trinajstić information content (AvgIpc) is 2.88. The first kappa shape index (κ1) is 14.3. The second-order valence-corrected chi connectivity index (χ2v) is 5.36. The number of rotatable bonds is 4. The summed E-state index contributed by atoms with van der Waals surface area (Å²) in [4.78, 5) is 17.4. The summed E-state index contributed by atoms with van der Waals surface area (Å²) < 4.78 is 1.89. The highest BCUT2D eigenvalue weighted by atomic mass is 16.2. The Labute approximate surface area is 129 Å². The van der Waals surface area contributed by atoms with Gasteiger partial charge >= 0.3 is 0 Å². The highest BCUT2D eigenvalue weighted by Crippen LogP contribution is 2.19. The predicted molar refractivity (Wildman–Crippen MR) is 88.3 cm³/mol. The van der Waals surface area contributed by atoms with Crippen LogP contribution in [-0.4, -0.2) is 15.3 Å². The SMILES string of the molecule is CCCc1nc2c(C)cccn2c1C(=O)Nc1ccccc1. The van der Waals surface area contributed by atoms with Crippen LogP contribution in [0.15, 0.2) is 48.7 Å². The van der Waals surface area contributed by atoms with Gasteiger partial charge in [0.25, 0.3) is 5.91 Å². The van der Waals surface area contributed by atoms with Crippen molar-refractivity contribution in [2.45, 2.75) is 26.7 Å². The number of nitrogens with zero attached hydrogens (tertiary/aromatic N) is 2. The standard InChI is InChI=1S/C18H19N3O/c1-3-8-15-16(18(22)19-14-10-5-4-6-11-14)21-12-7-9-13(2)17(21)20-15/h4-7,9-12H,3,8H2,1-2H3,(H,19,22). The lowest BCUT2D eigenvalue weighted by Crippen LogP contribution is -2.16. The van der Waals surface area contributed by atoms with Gasteiger partial charge in [-0.2, -0.15) is 0 Å². The number of pyridine rings is 1. The molecule has 112 valence electrons. The van der Waals surface area contributed by atoms with Gasteiger partial charge in [-0.25, -0.2) is 4.98 Å². The molecule has 0 fully saturated rings. The lowest BCUT2D eigenvalue weighted by molar-refractivity contribution is 0.102. The molecule has 0 atom stereocenters. The zero-order chi connectivity index (χ0) is 15.5. The Morgan fingerprint density at radius 3 is 2.68 bits per heavy atom. The first-order valence-electron chi connectivity index (χ1n) is 7.53. The van der Waals surface area contributed by atoms with Crippen molar-refractivity contribution in [2.24, 2.45) is 0 Å². The third-order valence-corrected chi connectivity index (χ3v) is 3.65. The second-order valence-electron chi connectivity index (χ2n) is 5.36. The number of imidazole rings is 1. The summed E-state index contributed by atoms with van der Waals surface area (Å²) in [7, 11) is 0. The van der Waals surface area contributed by atoms with Crippen molar-refractivity contribution < 1.29 is 4.79 Å². The number of anilines is 1. The summed E-state index contributed by atoms with van der Waals surface area (Å²) in [5.74, 6) is -0.118. The molecule has 0 bridgehead atoms. The van der Waals surface area contributed by atoms with Gasteiger partial charge in [-0.1, -0.05) is 37.6 Å². The molecule has 0 unspecified atom stereocenters. The Kier molecular flexibility index (Phi) is 3.92. The fourth-order valence-corrected chi connectivity index (χ4v) is 2.61. The number of fused-ring (bicyclic) bond motifs is 1. The molecule has 0 spiro atoms. The number of nitrogens with one attached hydrogen (secondary N) is 1. The molecule has 4 nitrogen and oxygen atoms in total. The van der Waals surface area contributed by atoms with Gasteiger partial charge in [-0.3, -0.25) is 9.20 Å². The predicted octanol–water partition coefficient (Wildman–Crippen LogP) is 3.85. The Morgan fingerprint density at radius 2 is 1.95 bits per heavy atom. The van der Waals surface area contributed by atoms with E-state index in [1.165, 1.54) is 0 Å². The Morgan fingerprint density at radius 1 is 1.18 bits per heavy atom. The highest BCUT2D eigenvalue weighted by Gasteiger charge is 2.19. The summed E-state index contributed by atoms with van der Waals surface area (Å²) in [6, 6.07) is 13.5. The van der Waals surface area contributed by atoms with Crippen LogP contribution in [0, 0.1) is 6.92 Å². The first-order valence-corrected chi connectivity index (χ1v) is 7.53. The monoisotopic (exact) mass is 293 g/mol. The smallest absolute Gasteiger partial charge is 0.274 e. The number of hydrogen-bond acceptors (Lipinski definition) is 2. The fraction of sp³-hybridized carbons (Fsp3) is 0.222. The van der Waals surface area contributed by atoms with Crippen LogP contribution in [0.5, 0.6) is 0 Å². The minimum atomic E-state index is -0.118. The number of carbonyl (C=O) groups is 1. The van der Waals surface area contributed by atoms with Crippen molar-refractivity contribution in [1.82, 2.24) is 9.38 Å². The van der Waals surface area contributed by atoms with E-state index in [2.05, 4.69) is 17.2 Å². The van der Waals surface area contributed by atoms with Gasteiger partial charge in [0, 0.05) is 11.9 Å². The third-order valence-electron chi connectivity index (χ3n) is 3.65. The van der Waals surface area contributed by atoms with E-state index in [1.807, 2.05) is 60.0 Å². The zero-order valence-corrected chi connectivity index (χ0v) is 12.8. The van der Waals surface area contributed by atoms with E-state index in [9.17, 15) is 4.79 Å². The minimum Gasteiger partial charge on any atom is -0.321 e. The molecule has 0 saturated heterocycles. The van der Waals surface area contributed by atoms with Crippen LogP contribution in [0.4, 0.5) is 5.69 Å². The van der Waals surface area contributed by atoms with Crippen LogP contribution in [0.2, 0.25) is 0 Å². The third kappa shape index (κ3) is 2.60. The van der Waals surface area contributed by atoms with Crippen molar-refractivity contribution >= 4 is 17.2 Å². The molecular formula is C18H19N3O. The van der Waals surface area contributed by atoms with Crippen LogP contribution in [0.1, 0.15) is 35.1 Å². The molecule has 1 aromatic carbocycles. The molecule has 0 saturated carbocycles. The van der Waals surface area contributed by atoms with Crippen molar-refractivity contribution in [2.75, 3.05) is 5.32 Å². The van der Waals surface area contributed by atoms with E-state index < -0.39 is 0 Å². The van der Waals surface area contributed by atoms with Crippen LogP contribution >= 0.6 is 0 Å². The zero-order valence-electron chi connectivity index (χ0n) is 12.8. The number of benzene rings is 1. The molecule has 2 heterocycles. The van der Waals surface area contributed by atoms with Gasteiger partial charge < -0.3 is 5.32 Å². The summed E-state index contributed by atoms with van der Waals surface area (Å²) >= 11 is 0. The van der Waals surface area contributed by atoms with E-state index in [1.54, 1.807) is 0 Å². The normalized spacial score (nSPS) is 10.8. The molecular weight excluding hydrogens is 274 g/mol. The number of carbonyl (C=O) groups excluding carboxylic acids is 1. The number of aromatic nitrogens is 2. The molecule has 4 heteroatoms. The van der Waals surface area contributed by atoms with Gasteiger partial charge in [0.05, 0.1) is 5.69 Å². The van der Waals surface area contributed by atoms with Crippen molar-refractivity contribution in [1.29, 1.82) is 0 Å². The van der Waals surface area contributed by atoms with Crippen molar-refractivity contribution in [3.05, 3.63) is 65.6 Å². The molecule has 3 rings (SSSR count). The maximum atomic E-state index is 12.7. The van der Waals surface area contributed by atoms with E-state index in [0.717, 1.165) is 35.4 Å². The van der Waals surface area contributed by atoms with Crippen LogP contribution < -0.4 is 5.32 Å². The van der Waals surface area contributed by atoms with E-state index in [0.29, 0.717) is 5.69 Å². The molecule has 1 amide bonds. The number of hydrogen-bond donors (Lipinski definition) is 1. The molecule has 0 radical (unpaired) electrons. The van der Waals surface area contributed by atoms with Gasteiger partial charge in [0.2, 0.25) is 0 Å². The quantitative estimate of drug-likeness (QED) is 0.794. The lowest BCUT2D eigenvalue weighted by Gasteiger charge is -2.07.